The van der Waals surface area contributed by atoms with Crippen molar-refractivity contribution in [2.75, 3.05) is 11.9 Å². The fourth-order valence-corrected chi connectivity index (χ4v) is 2.91. The van der Waals surface area contributed by atoms with E-state index in [1.807, 2.05) is 19.1 Å². The van der Waals surface area contributed by atoms with Crippen LogP contribution in [0.15, 0.2) is 36.5 Å². The minimum absolute atomic E-state index is 0.246. The van der Waals surface area contributed by atoms with Crippen LogP contribution < -0.4 is 5.32 Å². The van der Waals surface area contributed by atoms with E-state index in [0.717, 1.165) is 22.6 Å². The van der Waals surface area contributed by atoms with E-state index in [0.29, 0.717) is 12.5 Å². The van der Waals surface area contributed by atoms with E-state index in [-0.39, 0.29) is 5.82 Å². The molecule has 0 saturated heterocycles. The number of anilines is 2. The molecule has 108 valence electrons. The van der Waals surface area contributed by atoms with Crippen LogP contribution in [0, 0.1) is 11.7 Å². The number of nitrogens with zero attached hydrogens (tertiary/aromatic N) is 1. The Morgan fingerprint density at radius 2 is 2.19 bits per heavy atom. The number of pyridine rings is 1. The lowest BCUT2D eigenvalue weighted by atomic mass is 9.84. The van der Waals surface area contributed by atoms with Crippen molar-refractivity contribution in [1.82, 2.24) is 4.98 Å². The molecule has 1 atom stereocenters. The van der Waals surface area contributed by atoms with Gasteiger partial charge in [0, 0.05) is 23.0 Å². The zero-order valence-electron chi connectivity index (χ0n) is 11.9. The molecule has 3 nitrogen and oxygen atoms in total. The van der Waals surface area contributed by atoms with E-state index in [1.54, 1.807) is 18.3 Å². The molecule has 1 fully saturated rings. The molecule has 4 heteroatoms. The number of nitrogens with one attached hydrogen (secondary N) is 1. The SMILES string of the molecule is C[C@]1(OCC2CC2)c2cc(F)ccc2Nc2ncccc21. The standard InChI is InChI=1S/C17H17FN2O/c1-17(21-10-11-4-5-11)13-3-2-8-19-16(13)20-15-7-6-12(18)9-14(15)17/h2-3,6-9,11H,4-5,10H2,1H3,(H,19,20)/t17-/m1/s1. The third kappa shape index (κ3) is 2.10. The maximum atomic E-state index is 13.7. The first-order valence-electron chi connectivity index (χ1n) is 7.33. The number of benzene rings is 1. The Hall–Kier alpha value is -1.94. The van der Waals surface area contributed by atoms with E-state index in [4.69, 9.17) is 4.74 Å². The third-order valence-corrected chi connectivity index (χ3v) is 4.37. The van der Waals surface area contributed by atoms with E-state index < -0.39 is 5.60 Å². The fraction of sp³-hybridized carbons (Fsp3) is 0.353. The van der Waals surface area contributed by atoms with Crippen molar-refractivity contribution in [2.45, 2.75) is 25.4 Å². The molecule has 2 aliphatic rings. The van der Waals surface area contributed by atoms with Gasteiger partial charge in [-0.15, -0.1) is 0 Å². The van der Waals surface area contributed by atoms with E-state index in [9.17, 15) is 4.39 Å². The van der Waals surface area contributed by atoms with Crippen LogP contribution in [-0.2, 0) is 10.3 Å². The molecule has 21 heavy (non-hydrogen) atoms. The summed E-state index contributed by atoms with van der Waals surface area (Å²) in [7, 11) is 0. The number of hydrogen-bond donors (Lipinski definition) is 1. The summed E-state index contributed by atoms with van der Waals surface area (Å²) < 4.78 is 20.0. The highest BCUT2D eigenvalue weighted by molar-refractivity contribution is 5.72. The molecule has 1 aliphatic heterocycles. The quantitative estimate of drug-likeness (QED) is 0.926. The molecular formula is C17H17FN2O. The van der Waals surface area contributed by atoms with Gasteiger partial charge in [0.2, 0.25) is 0 Å². The van der Waals surface area contributed by atoms with Gasteiger partial charge in [-0.1, -0.05) is 6.07 Å². The molecule has 0 radical (unpaired) electrons. The molecule has 2 aromatic rings. The Morgan fingerprint density at radius 3 is 3.00 bits per heavy atom. The van der Waals surface area contributed by atoms with Crippen molar-refractivity contribution < 1.29 is 9.13 Å². The predicted molar refractivity (Wildman–Crippen MR) is 79.0 cm³/mol. The average Bonchev–Trinajstić information content (AvgIpc) is 3.31. The van der Waals surface area contributed by atoms with Crippen molar-refractivity contribution in [1.29, 1.82) is 0 Å². The Morgan fingerprint density at radius 1 is 1.33 bits per heavy atom. The molecular weight excluding hydrogens is 267 g/mol. The zero-order valence-corrected chi connectivity index (χ0v) is 11.9. The molecule has 0 spiro atoms. The van der Waals surface area contributed by atoms with Crippen molar-refractivity contribution in [3.63, 3.8) is 0 Å². The Balaban J connectivity index is 1.84. The lowest BCUT2D eigenvalue weighted by molar-refractivity contribution is -0.0104. The fourth-order valence-electron chi connectivity index (χ4n) is 2.91. The number of halogens is 1. The number of hydrogen-bond acceptors (Lipinski definition) is 3. The van der Waals surface area contributed by atoms with Crippen LogP contribution >= 0.6 is 0 Å². The van der Waals surface area contributed by atoms with E-state index in [2.05, 4.69) is 10.3 Å². The van der Waals surface area contributed by atoms with Crippen LogP contribution in [0.3, 0.4) is 0 Å². The van der Waals surface area contributed by atoms with Gasteiger partial charge in [0.25, 0.3) is 0 Å². The van der Waals surface area contributed by atoms with Crippen LogP contribution in [0.1, 0.15) is 30.9 Å². The van der Waals surface area contributed by atoms with Gasteiger partial charge in [-0.05, 0) is 49.9 Å². The van der Waals surface area contributed by atoms with Gasteiger partial charge in [0.1, 0.15) is 17.2 Å². The summed E-state index contributed by atoms with van der Waals surface area (Å²) in [6.45, 7) is 2.72. The summed E-state index contributed by atoms with van der Waals surface area (Å²) in [5.41, 5.74) is 2.00. The number of fused-ring (bicyclic) bond motifs is 2. The maximum absolute atomic E-state index is 13.7. The molecule has 0 amide bonds. The molecule has 0 unspecified atom stereocenters. The highest BCUT2D eigenvalue weighted by Gasteiger charge is 2.40. The highest BCUT2D eigenvalue weighted by atomic mass is 19.1. The van der Waals surface area contributed by atoms with Gasteiger partial charge in [0.05, 0.1) is 6.61 Å². The second-order valence-electron chi connectivity index (χ2n) is 6.00. The first-order valence-corrected chi connectivity index (χ1v) is 7.33. The average molecular weight is 284 g/mol. The lowest BCUT2D eigenvalue weighted by Crippen LogP contribution is -2.33. The smallest absolute Gasteiger partial charge is 0.136 e. The molecule has 1 N–H and O–H groups in total. The van der Waals surface area contributed by atoms with Gasteiger partial charge in [-0.25, -0.2) is 9.37 Å². The summed E-state index contributed by atoms with van der Waals surface area (Å²) in [4.78, 5) is 4.39. The molecule has 1 aromatic carbocycles. The minimum Gasteiger partial charge on any atom is -0.365 e. The van der Waals surface area contributed by atoms with Gasteiger partial charge in [-0.2, -0.15) is 0 Å². The first-order chi connectivity index (χ1) is 10.2. The lowest BCUT2D eigenvalue weighted by Gasteiger charge is -2.37. The Bertz CT molecular complexity index is 699. The molecule has 1 saturated carbocycles. The summed E-state index contributed by atoms with van der Waals surface area (Å²) >= 11 is 0. The summed E-state index contributed by atoms with van der Waals surface area (Å²) in [6.07, 6.45) is 4.20. The van der Waals surface area contributed by atoms with Crippen LogP contribution in [0.5, 0.6) is 0 Å². The Labute approximate surface area is 123 Å². The van der Waals surface area contributed by atoms with Crippen LogP contribution in [0.2, 0.25) is 0 Å². The largest absolute Gasteiger partial charge is 0.365 e. The molecule has 1 aromatic heterocycles. The zero-order chi connectivity index (χ0) is 14.4. The second-order valence-corrected chi connectivity index (χ2v) is 6.00. The van der Waals surface area contributed by atoms with Gasteiger partial charge in [-0.3, -0.25) is 0 Å². The Kier molecular flexibility index (Phi) is 2.76. The van der Waals surface area contributed by atoms with Crippen LogP contribution in [0.25, 0.3) is 0 Å². The summed E-state index contributed by atoms with van der Waals surface area (Å²) in [6, 6.07) is 8.66. The molecule has 2 heterocycles. The van der Waals surface area contributed by atoms with E-state index >= 15 is 0 Å². The minimum atomic E-state index is -0.658. The molecule has 4 rings (SSSR count). The van der Waals surface area contributed by atoms with Crippen molar-refractivity contribution in [3.05, 3.63) is 53.5 Å². The third-order valence-electron chi connectivity index (χ3n) is 4.37. The van der Waals surface area contributed by atoms with Crippen molar-refractivity contribution in [2.24, 2.45) is 5.92 Å². The topological polar surface area (TPSA) is 34.1 Å². The van der Waals surface area contributed by atoms with E-state index in [1.165, 1.54) is 18.9 Å². The highest BCUT2D eigenvalue weighted by Crippen LogP contribution is 2.46. The molecule has 1 aliphatic carbocycles. The van der Waals surface area contributed by atoms with Crippen LogP contribution in [0.4, 0.5) is 15.9 Å². The summed E-state index contributed by atoms with van der Waals surface area (Å²) in [5, 5.41) is 3.27. The van der Waals surface area contributed by atoms with Crippen molar-refractivity contribution in [3.8, 4) is 0 Å². The van der Waals surface area contributed by atoms with Crippen LogP contribution in [-0.4, -0.2) is 11.6 Å². The summed E-state index contributed by atoms with van der Waals surface area (Å²) in [5.74, 6) is 1.19. The van der Waals surface area contributed by atoms with Gasteiger partial charge < -0.3 is 10.1 Å². The second kappa shape index (κ2) is 4.53. The monoisotopic (exact) mass is 284 g/mol. The first kappa shape index (κ1) is 12.8. The number of ether oxygens (including phenoxy) is 1. The predicted octanol–water partition coefficient (Wildman–Crippen LogP) is 3.97. The van der Waals surface area contributed by atoms with Gasteiger partial charge >= 0.3 is 0 Å². The number of aromatic nitrogens is 1. The number of rotatable bonds is 3. The maximum Gasteiger partial charge on any atom is 0.136 e. The van der Waals surface area contributed by atoms with Gasteiger partial charge in [0.15, 0.2) is 0 Å². The molecule has 0 bridgehead atoms. The normalized spacial score (nSPS) is 23.1. The van der Waals surface area contributed by atoms with Crippen molar-refractivity contribution >= 4 is 11.5 Å².